The van der Waals surface area contributed by atoms with E-state index in [-0.39, 0.29) is 0 Å². The first-order valence-electron chi connectivity index (χ1n) is 3.03. The van der Waals surface area contributed by atoms with Crippen LogP contribution in [0.15, 0.2) is 0 Å². The van der Waals surface area contributed by atoms with E-state index in [1.165, 1.54) is 0 Å². The van der Waals surface area contributed by atoms with Crippen LogP contribution in [0.25, 0.3) is 0 Å². The van der Waals surface area contributed by atoms with Crippen molar-refractivity contribution in [3.05, 3.63) is 0 Å². The zero-order valence-corrected chi connectivity index (χ0v) is 7.77. The lowest BCUT2D eigenvalue weighted by molar-refractivity contribution is -0.401. The number of hydrogen-bond donors (Lipinski definition) is 0. The molecule has 0 spiro atoms. The highest BCUT2D eigenvalue weighted by molar-refractivity contribution is 6.48. The Bertz CT molecular complexity index is 277. The van der Waals surface area contributed by atoms with Crippen LogP contribution in [0.1, 0.15) is 0 Å². The summed E-state index contributed by atoms with van der Waals surface area (Å²) in [4.78, 5) is -2.07. The fraction of sp³-hybridized carbons (Fsp3) is 1.00. The lowest BCUT2D eigenvalue weighted by Crippen LogP contribution is -2.55. The fourth-order valence-electron chi connectivity index (χ4n) is 0.862. The van der Waals surface area contributed by atoms with E-state index in [0.29, 0.717) is 0 Å². The maximum Gasteiger partial charge on any atom is 0.469 e. The predicted octanol–water partition coefficient (Wildman–Crippen LogP) is 3.11. The molecule has 15 heavy (non-hydrogen) atoms. The molecule has 1 rings (SSSR count). The van der Waals surface area contributed by atoms with Gasteiger partial charge in [0.1, 0.15) is 0 Å². The van der Waals surface area contributed by atoms with Crippen LogP contribution in [-0.2, 0) is 4.74 Å². The number of rotatable bonds is 0. The first-order valence-corrected chi connectivity index (χ1v) is 3.79. The van der Waals surface area contributed by atoms with Crippen LogP contribution in [0.4, 0.5) is 30.7 Å². The zero-order valence-electron chi connectivity index (χ0n) is 6.26. The molecule has 0 bridgehead atoms. The summed E-state index contributed by atoms with van der Waals surface area (Å²) in [5.74, 6) is 0. The number of nitrogens with zero attached hydrogens (tertiary/aromatic N) is 1. The molecule has 0 aromatic heterocycles. The largest absolute Gasteiger partial charge is 0.469 e. The second kappa shape index (κ2) is 3.02. The van der Waals surface area contributed by atoms with E-state index < -0.39 is 28.0 Å². The van der Waals surface area contributed by atoms with Crippen molar-refractivity contribution in [2.45, 2.75) is 23.1 Å². The third-order valence-electron chi connectivity index (χ3n) is 1.40. The van der Waals surface area contributed by atoms with Gasteiger partial charge in [-0.3, -0.25) is 0 Å². The smallest absolute Gasteiger partial charge is 0.237 e. The molecule has 1 heterocycles. The third kappa shape index (κ3) is 1.85. The van der Waals surface area contributed by atoms with Crippen LogP contribution in [0.3, 0.4) is 0 Å². The van der Waals surface area contributed by atoms with E-state index in [2.05, 4.69) is 27.9 Å². The fourth-order valence-corrected chi connectivity index (χ4v) is 1.33. The van der Waals surface area contributed by atoms with Crippen molar-refractivity contribution in [1.82, 2.24) is 4.90 Å². The monoisotopic (exact) mass is 281 g/mol. The van der Waals surface area contributed by atoms with Crippen LogP contribution in [0.5, 0.6) is 0 Å². The highest BCUT2D eigenvalue weighted by atomic mass is 35.5. The van der Waals surface area contributed by atoms with Gasteiger partial charge in [-0.05, 0) is 0 Å². The number of alkyl halides is 9. The average molecular weight is 282 g/mol. The van der Waals surface area contributed by atoms with E-state index in [1.807, 2.05) is 0 Å². The standard InChI is InChI=1S/C4Cl2F7NO/c5-1(6)2(7,8)15-4(12,13)14(1)3(9,10)11. The van der Waals surface area contributed by atoms with Gasteiger partial charge in [0.05, 0.1) is 0 Å². The van der Waals surface area contributed by atoms with Gasteiger partial charge in [-0.15, -0.1) is 0 Å². The molecule has 0 aromatic rings. The maximum atomic E-state index is 12.5. The first kappa shape index (κ1) is 13.1. The van der Waals surface area contributed by atoms with Gasteiger partial charge in [0.15, 0.2) is 0 Å². The minimum Gasteiger partial charge on any atom is -0.237 e. The molecule has 0 aromatic carbocycles. The van der Waals surface area contributed by atoms with E-state index >= 15 is 0 Å². The van der Waals surface area contributed by atoms with Crippen molar-refractivity contribution in [1.29, 1.82) is 0 Å². The molecular formula is C4Cl2F7NO. The lowest BCUT2D eigenvalue weighted by Gasteiger charge is -2.29. The number of halogens is 9. The Morgan fingerprint density at radius 1 is 1.00 bits per heavy atom. The summed E-state index contributed by atoms with van der Waals surface area (Å²) in [6.45, 7) is 0. The molecule has 2 nitrogen and oxygen atoms in total. The summed E-state index contributed by atoms with van der Waals surface area (Å²) < 4.78 is 84.1. The highest BCUT2D eigenvalue weighted by Crippen LogP contribution is 2.58. The molecule has 90 valence electrons. The Morgan fingerprint density at radius 2 is 1.40 bits per heavy atom. The molecule has 1 aliphatic heterocycles. The van der Waals surface area contributed by atoms with Crippen molar-refractivity contribution in [2.24, 2.45) is 0 Å². The maximum absolute atomic E-state index is 12.5. The van der Waals surface area contributed by atoms with E-state index in [9.17, 15) is 30.7 Å². The molecule has 11 heteroatoms. The molecule has 0 radical (unpaired) electrons. The van der Waals surface area contributed by atoms with Crippen molar-refractivity contribution in [2.75, 3.05) is 0 Å². The SMILES string of the molecule is FC(F)(F)N1C(F)(F)OC(F)(F)C1(Cl)Cl. The van der Waals surface area contributed by atoms with Crippen molar-refractivity contribution in [3.8, 4) is 0 Å². The van der Waals surface area contributed by atoms with Crippen molar-refractivity contribution >= 4 is 23.2 Å². The molecule has 0 unspecified atom stereocenters. The number of ether oxygens (including phenoxy) is 1. The van der Waals surface area contributed by atoms with Crippen LogP contribution >= 0.6 is 23.2 Å². The molecule has 1 saturated heterocycles. The van der Waals surface area contributed by atoms with E-state index in [4.69, 9.17) is 0 Å². The van der Waals surface area contributed by atoms with Gasteiger partial charge >= 0.3 is 18.6 Å². The van der Waals surface area contributed by atoms with Gasteiger partial charge in [0.2, 0.25) is 0 Å². The van der Waals surface area contributed by atoms with Gasteiger partial charge in [-0.2, -0.15) is 30.7 Å². The van der Waals surface area contributed by atoms with Gasteiger partial charge in [-0.25, -0.2) is 4.74 Å². The Hall–Kier alpha value is 0.01000. The average Bonchev–Trinajstić information content (AvgIpc) is 1.87. The molecular weight excluding hydrogens is 282 g/mol. The molecule has 0 aliphatic carbocycles. The first-order chi connectivity index (χ1) is 6.32. The predicted molar refractivity (Wildman–Crippen MR) is 33.3 cm³/mol. The number of hydrogen-bond acceptors (Lipinski definition) is 2. The minimum atomic E-state index is -5.88. The lowest BCUT2D eigenvalue weighted by atomic mass is 10.5. The summed E-state index contributed by atoms with van der Waals surface area (Å²) in [5, 5.41) is 0. The summed E-state index contributed by atoms with van der Waals surface area (Å²) >= 11 is 9.02. The molecule has 0 N–H and O–H groups in total. The van der Waals surface area contributed by atoms with Crippen molar-refractivity contribution < 1.29 is 35.5 Å². The Morgan fingerprint density at radius 3 is 1.53 bits per heavy atom. The molecule has 0 atom stereocenters. The summed E-state index contributed by atoms with van der Waals surface area (Å²) in [7, 11) is 0. The Labute approximate surface area is 87.5 Å². The van der Waals surface area contributed by atoms with E-state index in [0.717, 1.165) is 0 Å². The Kier molecular flexibility index (Phi) is 2.63. The van der Waals surface area contributed by atoms with Gasteiger partial charge in [0.25, 0.3) is 4.46 Å². The quantitative estimate of drug-likeness (QED) is 0.384. The molecule has 1 fully saturated rings. The second-order valence-corrected chi connectivity index (χ2v) is 3.74. The molecule has 1 aliphatic rings. The van der Waals surface area contributed by atoms with Gasteiger partial charge in [-0.1, -0.05) is 28.1 Å². The van der Waals surface area contributed by atoms with Crippen molar-refractivity contribution in [3.63, 3.8) is 0 Å². The third-order valence-corrected chi connectivity index (χ3v) is 2.17. The van der Waals surface area contributed by atoms with Gasteiger partial charge < -0.3 is 0 Å². The Balaban J connectivity index is 3.25. The van der Waals surface area contributed by atoms with Crippen LogP contribution in [0, 0.1) is 0 Å². The molecule has 0 saturated carbocycles. The summed E-state index contributed by atoms with van der Waals surface area (Å²) in [5.41, 5.74) is 0. The van der Waals surface area contributed by atoms with Crippen LogP contribution < -0.4 is 0 Å². The summed E-state index contributed by atoms with van der Waals surface area (Å²) in [6.07, 6.45) is -16.3. The summed E-state index contributed by atoms with van der Waals surface area (Å²) in [6, 6.07) is 0. The normalized spacial score (nSPS) is 29.4. The molecule has 0 amide bonds. The van der Waals surface area contributed by atoms with Crippen LogP contribution in [0.2, 0.25) is 0 Å². The highest BCUT2D eigenvalue weighted by Gasteiger charge is 2.80. The van der Waals surface area contributed by atoms with Crippen LogP contribution in [-0.4, -0.2) is 28.0 Å². The van der Waals surface area contributed by atoms with E-state index in [1.54, 1.807) is 0 Å². The second-order valence-electron chi connectivity index (χ2n) is 2.45. The van der Waals surface area contributed by atoms with Gasteiger partial charge in [0, 0.05) is 0 Å². The minimum absolute atomic E-state index is 2.07. The zero-order chi connectivity index (χ0) is 12.3. The topological polar surface area (TPSA) is 12.5 Å².